The third-order valence-corrected chi connectivity index (χ3v) is 2.37. The van der Waals surface area contributed by atoms with Crippen LogP contribution in [0, 0.1) is 15.9 Å². The Hall–Kier alpha value is -0.970. The summed E-state index contributed by atoms with van der Waals surface area (Å²) in [7, 11) is 0. The van der Waals surface area contributed by atoms with E-state index in [2.05, 4.69) is 15.9 Å². The van der Waals surface area contributed by atoms with Crippen LogP contribution in [0.3, 0.4) is 0 Å². The molecular weight excluding hydrogens is 253 g/mol. The second-order valence-electron chi connectivity index (χ2n) is 2.84. The van der Waals surface area contributed by atoms with E-state index in [4.69, 9.17) is 0 Å². The Kier molecular flexibility index (Phi) is 4.00. The Morgan fingerprint density at radius 1 is 1.50 bits per heavy atom. The van der Waals surface area contributed by atoms with Crippen LogP contribution in [0.4, 0.5) is 10.1 Å². The molecule has 0 bridgehead atoms. The number of nitro benzene ring substituents is 1. The standard InChI is InChI=1S/C9H9BrFNO2/c10-5-1-2-7-3-4-8(11)9(6-7)12(13)14/h3-4,6H,1-2,5H2. The lowest BCUT2D eigenvalue weighted by atomic mass is 10.1. The number of alkyl halides is 1. The van der Waals surface area contributed by atoms with E-state index in [9.17, 15) is 14.5 Å². The number of nitrogens with zero attached hydrogens (tertiary/aromatic N) is 1. The molecule has 0 aliphatic heterocycles. The van der Waals surface area contributed by atoms with Gasteiger partial charge >= 0.3 is 5.69 Å². The van der Waals surface area contributed by atoms with Gasteiger partial charge in [-0.25, -0.2) is 0 Å². The molecule has 0 atom stereocenters. The number of aryl methyl sites for hydroxylation is 1. The van der Waals surface area contributed by atoms with Crippen LogP contribution >= 0.6 is 15.9 Å². The summed E-state index contributed by atoms with van der Waals surface area (Å²) in [5, 5.41) is 11.2. The Labute approximate surface area is 89.2 Å². The van der Waals surface area contributed by atoms with Crippen molar-refractivity contribution in [1.82, 2.24) is 0 Å². The fourth-order valence-corrected chi connectivity index (χ4v) is 1.40. The van der Waals surface area contributed by atoms with E-state index in [1.165, 1.54) is 6.07 Å². The molecule has 14 heavy (non-hydrogen) atoms. The van der Waals surface area contributed by atoms with Crippen molar-refractivity contribution < 1.29 is 9.31 Å². The van der Waals surface area contributed by atoms with Crippen LogP contribution in [0.5, 0.6) is 0 Å². The zero-order valence-electron chi connectivity index (χ0n) is 7.37. The summed E-state index contributed by atoms with van der Waals surface area (Å²) in [4.78, 5) is 9.70. The van der Waals surface area contributed by atoms with Gasteiger partial charge in [-0.1, -0.05) is 22.0 Å². The van der Waals surface area contributed by atoms with Gasteiger partial charge in [-0.15, -0.1) is 0 Å². The van der Waals surface area contributed by atoms with Gasteiger partial charge in [0.15, 0.2) is 0 Å². The second-order valence-corrected chi connectivity index (χ2v) is 3.63. The summed E-state index contributed by atoms with van der Waals surface area (Å²) < 4.78 is 12.9. The normalized spacial score (nSPS) is 10.1. The average Bonchev–Trinajstić information content (AvgIpc) is 2.16. The first-order chi connectivity index (χ1) is 6.65. The highest BCUT2D eigenvalue weighted by molar-refractivity contribution is 9.09. The quantitative estimate of drug-likeness (QED) is 0.475. The highest BCUT2D eigenvalue weighted by atomic mass is 79.9. The van der Waals surface area contributed by atoms with E-state index >= 15 is 0 Å². The Morgan fingerprint density at radius 2 is 2.21 bits per heavy atom. The summed E-state index contributed by atoms with van der Waals surface area (Å²) in [6, 6.07) is 4.00. The maximum Gasteiger partial charge on any atom is 0.305 e. The molecule has 5 heteroatoms. The van der Waals surface area contributed by atoms with Crippen LogP contribution in [-0.2, 0) is 6.42 Å². The van der Waals surface area contributed by atoms with Crippen LogP contribution in [0.2, 0.25) is 0 Å². The van der Waals surface area contributed by atoms with Crippen molar-refractivity contribution in [1.29, 1.82) is 0 Å². The van der Waals surface area contributed by atoms with Gasteiger partial charge < -0.3 is 0 Å². The van der Waals surface area contributed by atoms with Gasteiger partial charge in [0.2, 0.25) is 5.82 Å². The number of rotatable bonds is 4. The van der Waals surface area contributed by atoms with E-state index in [1.54, 1.807) is 6.07 Å². The summed E-state index contributed by atoms with van der Waals surface area (Å²) in [6.45, 7) is 0. The average molecular weight is 262 g/mol. The number of halogens is 2. The van der Waals surface area contributed by atoms with Crippen molar-refractivity contribution in [3.63, 3.8) is 0 Å². The Balaban J connectivity index is 2.89. The van der Waals surface area contributed by atoms with Crippen LogP contribution in [0.15, 0.2) is 18.2 Å². The summed E-state index contributed by atoms with van der Waals surface area (Å²) in [5.74, 6) is -0.780. The molecule has 0 fully saturated rings. The van der Waals surface area contributed by atoms with Crippen molar-refractivity contribution in [3.05, 3.63) is 39.7 Å². The lowest BCUT2D eigenvalue weighted by Crippen LogP contribution is -1.95. The van der Waals surface area contributed by atoms with E-state index < -0.39 is 16.4 Å². The minimum absolute atomic E-state index is 0.447. The lowest BCUT2D eigenvalue weighted by molar-refractivity contribution is -0.387. The van der Waals surface area contributed by atoms with Gasteiger partial charge in [0.1, 0.15) is 0 Å². The highest BCUT2D eigenvalue weighted by Gasteiger charge is 2.13. The van der Waals surface area contributed by atoms with Gasteiger partial charge in [0, 0.05) is 11.4 Å². The smallest absolute Gasteiger partial charge is 0.258 e. The summed E-state index contributed by atoms with van der Waals surface area (Å²) >= 11 is 3.26. The predicted octanol–water partition coefficient (Wildman–Crippen LogP) is 3.06. The topological polar surface area (TPSA) is 43.1 Å². The van der Waals surface area contributed by atoms with Gasteiger partial charge in [0.25, 0.3) is 0 Å². The maximum atomic E-state index is 12.9. The van der Waals surface area contributed by atoms with Crippen LogP contribution in [0.25, 0.3) is 0 Å². The molecule has 0 unspecified atom stereocenters. The summed E-state index contributed by atoms with van der Waals surface area (Å²) in [6.07, 6.45) is 1.59. The molecule has 0 amide bonds. The third-order valence-electron chi connectivity index (χ3n) is 1.81. The lowest BCUT2D eigenvalue weighted by Gasteiger charge is -1.99. The molecule has 1 aromatic rings. The molecule has 0 aromatic heterocycles. The van der Waals surface area contributed by atoms with Crippen molar-refractivity contribution >= 4 is 21.6 Å². The fraction of sp³-hybridized carbons (Fsp3) is 0.333. The monoisotopic (exact) mass is 261 g/mol. The highest BCUT2D eigenvalue weighted by Crippen LogP contribution is 2.19. The predicted molar refractivity (Wildman–Crippen MR) is 55.2 cm³/mol. The number of hydrogen-bond acceptors (Lipinski definition) is 2. The number of hydrogen-bond donors (Lipinski definition) is 0. The number of nitro groups is 1. The molecule has 0 N–H and O–H groups in total. The zero-order chi connectivity index (χ0) is 10.6. The molecule has 0 saturated heterocycles. The van der Waals surface area contributed by atoms with Crippen molar-refractivity contribution in [2.45, 2.75) is 12.8 Å². The van der Waals surface area contributed by atoms with Gasteiger partial charge in [-0.05, 0) is 24.5 Å². The Morgan fingerprint density at radius 3 is 2.79 bits per heavy atom. The molecule has 0 aliphatic rings. The number of benzene rings is 1. The second kappa shape index (κ2) is 5.05. The zero-order valence-corrected chi connectivity index (χ0v) is 8.96. The van der Waals surface area contributed by atoms with Gasteiger partial charge in [0.05, 0.1) is 4.92 Å². The van der Waals surface area contributed by atoms with E-state index in [1.807, 2.05) is 0 Å². The minimum atomic E-state index is -0.780. The van der Waals surface area contributed by atoms with Gasteiger partial charge in [-0.2, -0.15) is 4.39 Å². The molecule has 1 aromatic carbocycles. The molecule has 76 valence electrons. The maximum absolute atomic E-state index is 12.9. The van der Waals surface area contributed by atoms with Crippen LogP contribution in [0.1, 0.15) is 12.0 Å². The van der Waals surface area contributed by atoms with Gasteiger partial charge in [-0.3, -0.25) is 10.1 Å². The molecule has 0 saturated carbocycles. The molecule has 0 radical (unpaired) electrons. The van der Waals surface area contributed by atoms with Crippen molar-refractivity contribution in [3.8, 4) is 0 Å². The molecular formula is C9H9BrFNO2. The summed E-state index contributed by atoms with van der Waals surface area (Å²) in [5.41, 5.74) is 0.342. The first kappa shape index (κ1) is 11.1. The SMILES string of the molecule is O=[N+]([O-])c1cc(CCCBr)ccc1F. The molecule has 0 aliphatic carbocycles. The van der Waals surface area contributed by atoms with E-state index in [-0.39, 0.29) is 0 Å². The first-order valence-electron chi connectivity index (χ1n) is 4.14. The Bertz CT molecular complexity index is 344. The van der Waals surface area contributed by atoms with Crippen molar-refractivity contribution in [2.24, 2.45) is 0 Å². The van der Waals surface area contributed by atoms with Crippen molar-refractivity contribution in [2.75, 3.05) is 5.33 Å². The fourth-order valence-electron chi connectivity index (χ4n) is 1.12. The minimum Gasteiger partial charge on any atom is -0.258 e. The van der Waals surface area contributed by atoms with Crippen LogP contribution < -0.4 is 0 Å². The molecule has 3 nitrogen and oxygen atoms in total. The third kappa shape index (κ3) is 2.77. The molecule has 0 heterocycles. The van der Waals surface area contributed by atoms with Crippen LogP contribution in [-0.4, -0.2) is 10.3 Å². The van der Waals surface area contributed by atoms with E-state index in [0.29, 0.717) is 6.42 Å². The molecule has 1 rings (SSSR count). The van der Waals surface area contributed by atoms with E-state index in [0.717, 1.165) is 23.4 Å². The first-order valence-corrected chi connectivity index (χ1v) is 5.26. The largest absolute Gasteiger partial charge is 0.305 e. The molecule has 0 spiro atoms.